The van der Waals surface area contributed by atoms with Crippen molar-refractivity contribution in [2.45, 2.75) is 19.8 Å². The highest BCUT2D eigenvalue weighted by atomic mass is 16.5. The molecule has 1 aliphatic carbocycles. The Labute approximate surface area is 216 Å². The lowest BCUT2D eigenvalue weighted by Crippen LogP contribution is -2.26. The van der Waals surface area contributed by atoms with Crippen LogP contribution in [0.15, 0.2) is 48.7 Å². The van der Waals surface area contributed by atoms with E-state index in [1.54, 1.807) is 32.4 Å². The van der Waals surface area contributed by atoms with E-state index in [1.807, 2.05) is 31.4 Å². The van der Waals surface area contributed by atoms with Crippen molar-refractivity contribution >= 4 is 34.5 Å². The summed E-state index contributed by atoms with van der Waals surface area (Å²) in [4.78, 5) is 21.8. The van der Waals surface area contributed by atoms with E-state index in [0.717, 1.165) is 33.7 Å². The number of aromatic nitrogens is 2. The molecule has 3 aromatic rings. The Morgan fingerprint density at radius 1 is 1.14 bits per heavy atom. The van der Waals surface area contributed by atoms with Crippen molar-refractivity contribution in [1.29, 1.82) is 5.41 Å². The number of carbonyl (C=O) groups is 1. The van der Waals surface area contributed by atoms with Crippen LogP contribution in [0.4, 0.5) is 11.6 Å². The van der Waals surface area contributed by atoms with Crippen LogP contribution < -0.4 is 20.7 Å². The van der Waals surface area contributed by atoms with Gasteiger partial charge >= 0.3 is 0 Å². The molecule has 0 fully saturated rings. The molecular formula is C28H32N6O3. The summed E-state index contributed by atoms with van der Waals surface area (Å²) in [5.41, 5.74) is 7.15. The Bertz CT molecular complexity index is 1350. The molecule has 0 bridgehead atoms. The molecule has 2 aromatic carbocycles. The van der Waals surface area contributed by atoms with Gasteiger partial charge in [-0.1, -0.05) is 24.3 Å². The molecular weight excluding hydrogens is 468 g/mol. The number of carbonyl (C=O) groups excluding carboxylic acids is 1. The molecule has 9 heteroatoms. The minimum Gasteiger partial charge on any atom is -0.495 e. The zero-order valence-corrected chi connectivity index (χ0v) is 21.6. The van der Waals surface area contributed by atoms with Crippen molar-refractivity contribution in [3.63, 3.8) is 0 Å². The number of amides is 1. The van der Waals surface area contributed by atoms with Crippen molar-refractivity contribution in [2.24, 2.45) is 0 Å². The molecule has 192 valence electrons. The van der Waals surface area contributed by atoms with Crippen LogP contribution in [-0.2, 0) is 11.2 Å². The van der Waals surface area contributed by atoms with Crippen LogP contribution in [0.3, 0.4) is 0 Å². The topological polar surface area (TPSA) is 121 Å². The summed E-state index contributed by atoms with van der Waals surface area (Å²) in [6, 6.07) is 13.2. The number of ether oxygens (including phenoxy) is 2. The first kappa shape index (κ1) is 25.8. The van der Waals surface area contributed by atoms with E-state index in [9.17, 15) is 4.79 Å². The molecule has 1 amide bonds. The van der Waals surface area contributed by atoms with Crippen LogP contribution in [0.1, 0.15) is 39.2 Å². The van der Waals surface area contributed by atoms with Gasteiger partial charge in [-0.2, -0.15) is 0 Å². The summed E-state index contributed by atoms with van der Waals surface area (Å²) in [5, 5.41) is 18.1. The van der Waals surface area contributed by atoms with Gasteiger partial charge in [0, 0.05) is 49.3 Å². The normalized spacial score (nSPS) is 14.0. The Morgan fingerprint density at radius 2 is 1.95 bits per heavy atom. The number of hydrogen-bond acceptors (Lipinski definition) is 8. The molecule has 4 rings (SSSR count). The van der Waals surface area contributed by atoms with Gasteiger partial charge in [-0.15, -0.1) is 0 Å². The number of nitrogens with one attached hydrogen (secondary N) is 4. The summed E-state index contributed by atoms with van der Waals surface area (Å²) in [6.45, 7) is 2.91. The van der Waals surface area contributed by atoms with Gasteiger partial charge in [-0.05, 0) is 49.1 Å². The van der Waals surface area contributed by atoms with Gasteiger partial charge in [0.15, 0.2) is 0 Å². The second-order valence-corrected chi connectivity index (χ2v) is 8.65. The first-order chi connectivity index (χ1) is 18.0. The molecule has 4 N–H and O–H groups in total. The molecule has 0 aliphatic heterocycles. The molecule has 1 aromatic heterocycles. The molecule has 0 radical (unpaired) electrons. The second kappa shape index (κ2) is 11.7. The second-order valence-electron chi connectivity index (χ2n) is 8.65. The van der Waals surface area contributed by atoms with E-state index in [-0.39, 0.29) is 5.91 Å². The first-order valence-corrected chi connectivity index (χ1v) is 12.1. The quantitative estimate of drug-likeness (QED) is 0.328. The van der Waals surface area contributed by atoms with Gasteiger partial charge in [0.2, 0.25) is 5.95 Å². The minimum atomic E-state index is -0.212. The third kappa shape index (κ3) is 5.62. The number of hydrogen-bond donors (Lipinski definition) is 4. The predicted molar refractivity (Wildman–Crippen MR) is 146 cm³/mol. The molecule has 0 spiro atoms. The lowest BCUT2D eigenvalue weighted by molar-refractivity contribution is 0.0937. The van der Waals surface area contributed by atoms with E-state index in [1.165, 1.54) is 0 Å². The van der Waals surface area contributed by atoms with E-state index in [2.05, 4.69) is 33.9 Å². The maximum absolute atomic E-state index is 12.4. The first-order valence-electron chi connectivity index (χ1n) is 12.1. The summed E-state index contributed by atoms with van der Waals surface area (Å²) in [6.07, 6.45) is 3.14. The Morgan fingerprint density at radius 3 is 2.68 bits per heavy atom. The van der Waals surface area contributed by atoms with Gasteiger partial charge in [-0.3, -0.25) is 4.79 Å². The number of rotatable bonds is 9. The van der Waals surface area contributed by atoms with Crippen LogP contribution in [-0.4, -0.2) is 56.0 Å². The molecule has 9 nitrogen and oxygen atoms in total. The van der Waals surface area contributed by atoms with Crippen LogP contribution in [0.5, 0.6) is 5.75 Å². The maximum Gasteiger partial charge on any atom is 0.251 e. The number of aryl methyl sites for hydroxylation is 2. The number of benzene rings is 2. The van der Waals surface area contributed by atoms with Crippen LogP contribution >= 0.6 is 0 Å². The number of fused-ring (bicyclic) bond motifs is 1. The largest absolute Gasteiger partial charge is 0.495 e. The fourth-order valence-corrected chi connectivity index (χ4v) is 4.34. The van der Waals surface area contributed by atoms with Gasteiger partial charge in [0.1, 0.15) is 5.75 Å². The summed E-state index contributed by atoms with van der Waals surface area (Å²) in [7, 11) is 5.00. The lowest BCUT2D eigenvalue weighted by Gasteiger charge is -2.24. The zero-order valence-electron chi connectivity index (χ0n) is 21.6. The standard InChI is InChI=1S/C28H32N6O3/c1-17-7-5-6-8-20(17)26(30-2)24-21(29)11-9-19-16-32-28(34-25(19)24)33-22-12-10-18(15-23(22)37-4)27(35)31-13-14-36-3/h5-8,10,12,15-16,29-30H,9,11,13-14H2,1-4H3,(H,31,35)(H,32,33,34)/b26-24+,29-21?. The van der Waals surface area contributed by atoms with E-state index in [4.69, 9.17) is 19.9 Å². The number of nitrogens with zero attached hydrogens (tertiary/aromatic N) is 2. The van der Waals surface area contributed by atoms with E-state index >= 15 is 0 Å². The predicted octanol–water partition coefficient (Wildman–Crippen LogP) is 3.97. The Hall–Kier alpha value is -4.24. The highest BCUT2D eigenvalue weighted by molar-refractivity contribution is 6.29. The van der Waals surface area contributed by atoms with Gasteiger partial charge < -0.3 is 30.8 Å². The Kier molecular flexibility index (Phi) is 8.15. The van der Waals surface area contributed by atoms with Crippen LogP contribution in [0.25, 0.3) is 11.3 Å². The molecule has 0 atom stereocenters. The molecule has 1 heterocycles. The summed E-state index contributed by atoms with van der Waals surface area (Å²) in [5.74, 6) is 0.651. The van der Waals surface area contributed by atoms with E-state index < -0.39 is 0 Å². The highest BCUT2D eigenvalue weighted by Crippen LogP contribution is 2.34. The van der Waals surface area contributed by atoms with Crippen molar-refractivity contribution in [3.05, 3.63) is 76.6 Å². The third-order valence-corrected chi connectivity index (χ3v) is 6.26. The molecule has 0 unspecified atom stereocenters. The van der Waals surface area contributed by atoms with E-state index in [0.29, 0.717) is 54.7 Å². The minimum absolute atomic E-state index is 0.212. The fraction of sp³-hybridized carbons (Fsp3) is 0.286. The third-order valence-electron chi connectivity index (χ3n) is 6.26. The molecule has 0 saturated heterocycles. The van der Waals surface area contributed by atoms with Crippen LogP contribution in [0.2, 0.25) is 0 Å². The van der Waals surface area contributed by atoms with Crippen molar-refractivity contribution in [1.82, 2.24) is 20.6 Å². The summed E-state index contributed by atoms with van der Waals surface area (Å²) >= 11 is 0. The maximum atomic E-state index is 12.4. The molecule has 37 heavy (non-hydrogen) atoms. The smallest absolute Gasteiger partial charge is 0.251 e. The average molecular weight is 501 g/mol. The lowest BCUT2D eigenvalue weighted by atomic mass is 9.87. The Balaban J connectivity index is 1.69. The van der Waals surface area contributed by atoms with Crippen molar-refractivity contribution < 1.29 is 14.3 Å². The van der Waals surface area contributed by atoms with Crippen molar-refractivity contribution in [2.75, 3.05) is 39.7 Å². The van der Waals surface area contributed by atoms with Crippen molar-refractivity contribution in [3.8, 4) is 5.75 Å². The monoisotopic (exact) mass is 500 g/mol. The van der Waals surface area contributed by atoms with Gasteiger partial charge in [0.05, 0.1) is 30.8 Å². The number of anilines is 2. The molecule has 0 saturated carbocycles. The SMILES string of the molecule is CN/C(=C1\C(=N)CCc2cnc(Nc3ccc(C(=O)NCCOC)cc3OC)nc21)c1ccccc1C. The van der Waals surface area contributed by atoms with Gasteiger partial charge in [0.25, 0.3) is 5.91 Å². The molecule has 1 aliphatic rings. The number of allylic oxidation sites excluding steroid dienone is 1. The number of methoxy groups -OCH3 is 2. The van der Waals surface area contributed by atoms with Gasteiger partial charge in [-0.25, -0.2) is 9.97 Å². The highest BCUT2D eigenvalue weighted by Gasteiger charge is 2.26. The fourth-order valence-electron chi connectivity index (χ4n) is 4.34. The van der Waals surface area contributed by atoms with Crippen LogP contribution in [0, 0.1) is 12.3 Å². The summed E-state index contributed by atoms with van der Waals surface area (Å²) < 4.78 is 10.5. The zero-order chi connectivity index (χ0) is 26.4. The average Bonchev–Trinajstić information content (AvgIpc) is 2.91.